The largest absolute Gasteiger partial charge is 0.399 e. The summed E-state index contributed by atoms with van der Waals surface area (Å²) in [6, 6.07) is 4.98. The van der Waals surface area contributed by atoms with E-state index < -0.39 is 0 Å². The van der Waals surface area contributed by atoms with E-state index in [9.17, 15) is 4.79 Å². The molecule has 1 aromatic heterocycles. The van der Waals surface area contributed by atoms with Gasteiger partial charge in [0.25, 0.3) is 0 Å². The molecule has 0 saturated heterocycles. The summed E-state index contributed by atoms with van der Waals surface area (Å²) in [5.41, 5.74) is 9.92. The van der Waals surface area contributed by atoms with E-state index >= 15 is 0 Å². The number of carbonyl (C=O) groups excluding carboxylic acids is 1. The van der Waals surface area contributed by atoms with Crippen LogP contribution in [-0.2, 0) is 17.8 Å². The SMILES string of the molecule is CCc1c(C)nn(CC(=O)Nc2cc(N)ccc2Cl)c1C. The summed E-state index contributed by atoms with van der Waals surface area (Å²) in [6.07, 6.45) is 0.903. The summed E-state index contributed by atoms with van der Waals surface area (Å²) in [5, 5.41) is 7.62. The number of hydrogen-bond donors (Lipinski definition) is 2. The second-order valence-electron chi connectivity index (χ2n) is 4.95. The Morgan fingerprint density at radius 2 is 2.14 bits per heavy atom. The van der Waals surface area contributed by atoms with Crippen molar-refractivity contribution in [1.82, 2.24) is 9.78 Å². The van der Waals surface area contributed by atoms with E-state index in [1.165, 1.54) is 5.56 Å². The molecule has 0 aliphatic heterocycles. The molecule has 5 nitrogen and oxygen atoms in total. The summed E-state index contributed by atoms with van der Waals surface area (Å²) in [4.78, 5) is 12.1. The summed E-state index contributed by atoms with van der Waals surface area (Å²) >= 11 is 6.03. The van der Waals surface area contributed by atoms with Gasteiger partial charge in [-0.3, -0.25) is 9.48 Å². The molecule has 0 radical (unpaired) electrons. The number of benzene rings is 1. The van der Waals surface area contributed by atoms with Crippen LogP contribution in [0.15, 0.2) is 18.2 Å². The highest BCUT2D eigenvalue weighted by atomic mass is 35.5. The van der Waals surface area contributed by atoms with Crippen LogP contribution < -0.4 is 11.1 Å². The third-order valence-corrected chi connectivity index (χ3v) is 3.77. The molecule has 0 saturated carbocycles. The fourth-order valence-corrected chi connectivity index (χ4v) is 2.53. The average molecular weight is 307 g/mol. The van der Waals surface area contributed by atoms with Crippen molar-refractivity contribution in [1.29, 1.82) is 0 Å². The number of rotatable bonds is 4. The molecule has 0 aliphatic rings. The molecule has 0 fully saturated rings. The van der Waals surface area contributed by atoms with Crippen LogP contribution in [0.3, 0.4) is 0 Å². The van der Waals surface area contributed by atoms with Crippen molar-refractivity contribution < 1.29 is 4.79 Å². The molecule has 3 N–H and O–H groups in total. The van der Waals surface area contributed by atoms with Gasteiger partial charge in [0, 0.05) is 11.4 Å². The van der Waals surface area contributed by atoms with E-state index in [4.69, 9.17) is 17.3 Å². The van der Waals surface area contributed by atoms with Gasteiger partial charge in [0.1, 0.15) is 6.54 Å². The lowest BCUT2D eigenvalue weighted by Gasteiger charge is -2.09. The molecular weight excluding hydrogens is 288 g/mol. The molecule has 2 aromatic rings. The first-order chi connectivity index (χ1) is 9.92. The Morgan fingerprint density at radius 3 is 2.76 bits per heavy atom. The lowest BCUT2D eigenvalue weighted by atomic mass is 10.1. The van der Waals surface area contributed by atoms with Gasteiger partial charge in [-0.1, -0.05) is 18.5 Å². The van der Waals surface area contributed by atoms with Crippen molar-refractivity contribution in [3.63, 3.8) is 0 Å². The van der Waals surface area contributed by atoms with E-state index in [0.29, 0.717) is 16.4 Å². The number of nitrogens with two attached hydrogens (primary N) is 1. The Labute approximate surface area is 129 Å². The zero-order valence-electron chi connectivity index (χ0n) is 12.4. The number of anilines is 2. The molecule has 112 valence electrons. The normalized spacial score (nSPS) is 10.7. The Hall–Kier alpha value is -2.01. The zero-order chi connectivity index (χ0) is 15.6. The van der Waals surface area contributed by atoms with Crippen molar-refractivity contribution in [3.05, 3.63) is 40.2 Å². The highest BCUT2D eigenvalue weighted by Crippen LogP contribution is 2.24. The number of carbonyl (C=O) groups is 1. The molecule has 6 heteroatoms. The minimum absolute atomic E-state index is 0.151. The van der Waals surface area contributed by atoms with Crippen LogP contribution in [0.2, 0.25) is 5.02 Å². The average Bonchev–Trinajstić information content (AvgIpc) is 2.68. The monoisotopic (exact) mass is 306 g/mol. The van der Waals surface area contributed by atoms with Crippen LogP contribution >= 0.6 is 11.6 Å². The smallest absolute Gasteiger partial charge is 0.246 e. The predicted molar refractivity (Wildman–Crippen MR) is 85.6 cm³/mol. The highest BCUT2D eigenvalue weighted by molar-refractivity contribution is 6.33. The van der Waals surface area contributed by atoms with Crippen LogP contribution in [0.1, 0.15) is 23.9 Å². The van der Waals surface area contributed by atoms with Gasteiger partial charge in [0.15, 0.2) is 0 Å². The van der Waals surface area contributed by atoms with E-state index in [1.807, 2.05) is 13.8 Å². The maximum Gasteiger partial charge on any atom is 0.246 e. The number of aromatic nitrogens is 2. The molecule has 0 aliphatic carbocycles. The van der Waals surface area contributed by atoms with Crippen molar-refractivity contribution in [2.75, 3.05) is 11.1 Å². The molecule has 0 unspecified atom stereocenters. The molecule has 0 bridgehead atoms. The minimum Gasteiger partial charge on any atom is -0.399 e. The first-order valence-corrected chi connectivity index (χ1v) is 7.18. The Balaban J connectivity index is 2.14. The van der Waals surface area contributed by atoms with Crippen molar-refractivity contribution in [3.8, 4) is 0 Å². The van der Waals surface area contributed by atoms with Gasteiger partial charge in [-0.05, 0) is 44.0 Å². The van der Waals surface area contributed by atoms with Crippen molar-refractivity contribution >= 4 is 28.9 Å². The van der Waals surface area contributed by atoms with Gasteiger partial charge in [0.05, 0.1) is 16.4 Å². The lowest BCUT2D eigenvalue weighted by molar-refractivity contribution is -0.116. The lowest BCUT2D eigenvalue weighted by Crippen LogP contribution is -2.20. The summed E-state index contributed by atoms with van der Waals surface area (Å²) < 4.78 is 1.71. The summed E-state index contributed by atoms with van der Waals surface area (Å²) in [6.45, 7) is 6.15. The van der Waals surface area contributed by atoms with Gasteiger partial charge < -0.3 is 11.1 Å². The topological polar surface area (TPSA) is 72.9 Å². The Kier molecular flexibility index (Phi) is 4.53. The number of amides is 1. The van der Waals surface area contributed by atoms with Gasteiger partial charge in [0.2, 0.25) is 5.91 Å². The molecule has 1 aromatic carbocycles. The number of nitrogens with one attached hydrogen (secondary N) is 1. The molecule has 1 amide bonds. The first kappa shape index (κ1) is 15.4. The molecule has 2 rings (SSSR count). The molecule has 0 spiro atoms. The van der Waals surface area contributed by atoms with Gasteiger partial charge in [-0.15, -0.1) is 0 Å². The van der Waals surface area contributed by atoms with Gasteiger partial charge in [-0.2, -0.15) is 5.10 Å². The fourth-order valence-electron chi connectivity index (χ4n) is 2.36. The van der Waals surface area contributed by atoms with Crippen molar-refractivity contribution in [2.24, 2.45) is 0 Å². The standard InChI is InChI=1S/C15H19ClN4O/c1-4-12-9(2)19-20(10(12)3)8-15(21)18-14-7-11(17)5-6-13(14)16/h5-7H,4,8,17H2,1-3H3,(H,18,21). The highest BCUT2D eigenvalue weighted by Gasteiger charge is 2.13. The number of halogens is 1. The van der Waals surface area contributed by atoms with E-state index in [-0.39, 0.29) is 12.5 Å². The maximum absolute atomic E-state index is 12.1. The Morgan fingerprint density at radius 1 is 1.43 bits per heavy atom. The van der Waals surface area contributed by atoms with Crippen molar-refractivity contribution in [2.45, 2.75) is 33.7 Å². The van der Waals surface area contributed by atoms with Crippen LogP contribution in [0.25, 0.3) is 0 Å². The van der Waals surface area contributed by atoms with Crippen LogP contribution in [0.5, 0.6) is 0 Å². The second-order valence-corrected chi connectivity index (χ2v) is 5.36. The third kappa shape index (κ3) is 3.36. The van der Waals surface area contributed by atoms with E-state index in [2.05, 4.69) is 17.3 Å². The number of aryl methyl sites for hydroxylation is 1. The van der Waals surface area contributed by atoms with Crippen LogP contribution in [0.4, 0.5) is 11.4 Å². The number of hydrogen-bond acceptors (Lipinski definition) is 3. The second kappa shape index (κ2) is 6.18. The predicted octanol–water partition coefficient (Wildman–Crippen LogP) is 2.94. The molecular formula is C15H19ClN4O. The fraction of sp³-hybridized carbons (Fsp3) is 0.333. The summed E-state index contributed by atoms with van der Waals surface area (Å²) in [5.74, 6) is -0.184. The Bertz CT molecular complexity index is 679. The van der Waals surface area contributed by atoms with E-state index in [1.54, 1.807) is 22.9 Å². The first-order valence-electron chi connectivity index (χ1n) is 6.80. The van der Waals surface area contributed by atoms with Crippen LogP contribution in [0, 0.1) is 13.8 Å². The molecule has 1 heterocycles. The van der Waals surface area contributed by atoms with Crippen LogP contribution in [-0.4, -0.2) is 15.7 Å². The van der Waals surface area contributed by atoms with Gasteiger partial charge >= 0.3 is 0 Å². The quantitative estimate of drug-likeness (QED) is 0.853. The summed E-state index contributed by atoms with van der Waals surface area (Å²) in [7, 11) is 0. The number of nitrogens with zero attached hydrogens (tertiary/aromatic N) is 2. The maximum atomic E-state index is 12.1. The van der Waals surface area contributed by atoms with Gasteiger partial charge in [-0.25, -0.2) is 0 Å². The minimum atomic E-state index is -0.184. The third-order valence-electron chi connectivity index (χ3n) is 3.44. The van der Waals surface area contributed by atoms with E-state index in [0.717, 1.165) is 17.8 Å². The number of nitrogen functional groups attached to an aromatic ring is 1. The molecule has 0 atom stereocenters. The zero-order valence-corrected chi connectivity index (χ0v) is 13.2. The molecule has 21 heavy (non-hydrogen) atoms.